The highest BCUT2D eigenvalue weighted by Gasteiger charge is 2.11. The van der Waals surface area contributed by atoms with Gasteiger partial charge in [-0.15, -0.1) is 11.3 Å². The van der Waals surface area contributed by atoms with E-state index < -0.39 is 12.0 Å². The third kappa shape index (κ3) is 4.35. The largest absolute Gasteiger partial charge is 0.478 e. The number of halogens is 2. The van der Waals surface area contributed by atoms with Crippen LogP contribution in [-0.4, -0.2) is 17.1 Å². The zero-order valence-electron chi connectivity index (χ0n) is 10.5. The minimum atomic E-state index is -1.16. The lowest BCUT2D eigenvalue weighted by molar-refractivity contribution is 0.0697. The van der Waals surface area contributed by atoms with Crippen molar-refractivity contribution in [3.05, 3.63) is 50.1 Å². The summed E-state index contributed by atoms with van der Waals surface area (Å²) in [4.78, 5) is 23.6. The molecule has 0 spiro atoms. The maximum Gasteiger partial charge on any atom is 0.337 e. The summed E-state index contributed by atoms with van der Waals surface area (Å²) in [5.41, 5.74) is 0.276. The van der Waals surface area contributed by atoms with Crippen molar-refractivity contribution in [3.63, 3.8) is 0 Å². The molecular formula is C13H10Cl2N2O3S. The number of hydrogen-bond acceptors (Lipinski definition) is 3. The Hall–Kier alpha value is -1.76. The Morgan fingerprint density at radius 2 is 1.95 bits per heavy atom. The molecule has 5 nitrogen and oxygen atoms in total. The molecule has 0 atom stereocenters. The molecule has 0 aliphatic heterocycles. The second-order valence-corrected chi connectivity index (χ2v) is 6.22. The summed E-state index contributed by atoms with van der Waals surface area (Å²) in [6.45, 7) is 0.336. The highest BCUT2D eigenvalue weighted by atomic mass is 35.5. The van der Waals surface area contributed by atoms with E-state index in [4.69, 9.17) is 28.3 Å². The van der Waals surface area contributed by atoms with E-state index in [-0.39, 0.29) is 10.6 Å². The van der Waals surface area contributed by atoms with Crippen LogP contribution in [0.4, 0.5) is 10.5 Å². The number of urea groups is 1. The zero-order valence-corrected chi connectivity index (χ0v) is 12.9. The maximum atomic E-state index is 11.7. The zero-order chi connectivity index (χ0) is 15.4. The van der Waals surface area contributed by atoms with Crippen molar-refractivity contribution in [3.8, 4) is 0 Å². The topological polar surface area (TPSA) is 78.4 Å². The Labute approximate surface area is 134 Å². The SMILES string of the molecule is O=C(NCc1ccc(Cl)s1)Nc1ccc(Cl)c(C(=O)O)c1. The number of nitrogens with one attached hydrogen (secondary N) is 2. The van der Waals surface area contributed by atoms with E-state index in [0.717, 1.165) is 4.88 Å². The first-order valence-corrected chi connectivity index (χ1v) is 7.35. The summed E-state index contributed by atoms with van der Waals surface area (Å²) >= 11 is 12.9. The van der Waals surface area contributed by atoms with E-state index in [1.807, 2.05) is 6.07 Å². The highest BCUT2D eigenvalue weighted by molar-refractivity contribution is 7.16. The second kappa shape index (κ2) is 6.80. The van der Waals surface area contributed by atoms with Crippen molar-refractivity contribution in [2.45, 2.75) is 6.54 Å². The number of amides is 2. The number of rotatable bonds is 4. The molecule has 0 saturated carbocycles. The molecule has 0 aliphatic rings. The molecule has 0 unspecified atom stereocenters. The van der Waals surface area contributed by atoms with Crippen LogP contribution in [0.1, 0.15) is 15.2 Å². The molecule has 8 heteroatoms. The van der Waals surface area contributed by atoms with Gasteiger partial charge in [-0.25, -0.2) is 9.59 Å². The fourth-order valence-electron chi connectivity index (χ4n) is 1.56. The number of benzene rings is 1. The lowest BCUT2D eigenvalue weighted by Gasteiger charge is -2.08. The highest BCUT2D eigenvalue weighted by Crippen LogP contribution is 2.22. The quantitative estimate of drug-likeness (QED) is 0.781. The Balaban J connectivity index is 1.96. The first-order chi connectivity index (χ1) is 9.95. The van der Waals surface area contributed by atoms with Crippen molar-refractivity contribution in [2.75, 3.05) is 5.32 Å². The van der Waals surface area contributed by atoms with Gasteiger partial charge in [-0.2, -0.15) is 0 Å². The average Bonchev–Trinajstić information content (AvgIpc) is 2.84. The van der Waals surface area contributed by atoms with Gasteiger partial charge in [0.15, 0.2) is 0 Å². The predicted octanol–water partition coefficient (Wildman–Crippen LogP) is 4.07. The van der Waals surface area contributed by atoms with Crippen LogP contribution in [0.3, 0.4) is 0 Å². The summed E-state index contributed by atoms with van der Waals surface area (Å²) in [5, 5.41) is 14.3. The third-order valence-electron chi connectivity index (χ3n) is 2.51. The fraction of sp³-hybridized carbons (Fsp3) is 0.0769. The Morgan fingerprint density at radius 1 is 1.19 bits per heavy atom. The number of carboxylic acids is 1. The molecule has 110 valence electrons. The van der Waals surface area contributed by atoms with Crippen LogP contribution >= 0.6 is 34.5 Å². The van der Waals surface area contributed by atoms with Crippen LogP contribution in [-0.2, 0) is 6.54 Å². The van der Waals surface area contributed by atoms with Gasteiger partial charge >= 0.3 is 12.0 Å². The monoisotopic (exact) mass is 344 g/mol. The fourth-order valence-corrected chi connectivity index (χ4v) is 2.78. The van der Waals surface area contributed by atoms with Crippen LogP contribution < -0.4 is 10.6 Å². The van der Waals surface area contributed by atoms with Crippen LogP contribution in [0.25, 0.3) is 0 Å². The van der Waals surface area contributed by atoms with Gasteiger partial charge in [-0.3, -0.25) is 0 Å². The van der Waals surface area contributed by atoms with E-state index >= 15 is 0 Å². The summed E-state index contributed by atoms with van der Waals surface area (Å²) in [6, 6.07) is 7.36. The van der Waals surface area contributed by atoms with Gasteiger partial charge in [-0.1, -0.05) is 23.2 Å². The second-order valence-electron chi connectivity index (χ2n) is 4.01. The molecule has 3 N–H and O–H groups in total. The number of carbonyl (C=O) groups is 2. The van der Waals surface area contributed by atoms with Crippen molar-refractivity contribution < 1.29 is 14.7 Å². The molecule has 0 saturated heterocycles. The van der Waals surface area contributed by atoms with E-state index in [9.17, 15) is 9.59 Å². The number of aromatic carboxylic acids is 1. The molecule has 1 heterocycles. The molecule has 2 aromatic rings. The molecule has 0 radical (unpaired) electrons. The van der Waals surface area contributed by atoms with E-state index in [0.29, 0.717) is 16.6 Å². The van der Waals surface area contributed by atoms with Crippen LogP contribution in [0, 0.1) is 0 Å². The number of hydrogen-bond donors (Lipinski definition) is 3. The van der Waals surface area contributed by atoms with E-state index in [1.165, 1.54) is 29.5 Å². The molecule has 21 heavy (non-hydrogen) atoms. The molecule has 0 fully saturated rings. The minimum absolute atomic E-state index is 0.0699. The Kier molecular flexibility index (Phi) is 5.06. The van der Waals surface area contributed by atoms with Gasteiger partial charge in [0.25, 0.3) is 0 Å². The first-order valence-electron chi connectivity index (χ1n) is 5.77. The number of carbonyl (C=O) groups excluding carboxylic acids is 1. The van der Waals surface area contributed by atoms with Gasteiger partial charge in [-0.05, 0) is 30.3 Å². The normalized spacial score (nSPS) is 10.2. The maximum absolute atomic E-state index is 11.7. The Bertz CT molecular complexity index is 688. The van der Waals surface area contributed by atoms with Crippen LogP contribution in [0.2, 0.25) is 9.36 Å². The smallest absolute Gasteiger partial charge is 0.337 e. The van der Waals surface area contributed by atoms with Crippen molar-refractivity contribution >= 4 is 52.2 Å². The van der Waals surface area contributed by atoms with Gasteiger partial charge in [0, 0.05) is 10.6 Å². The van der Waals surface area contributed by atoms with Crippen molar-refractivity contribution in [1.29, 1.82) is 0 Å². The lowest BCUT2D eigenvalue weighted by Crippen LogP contribution is -2.27. The summed E-state index contributed by atoms with van der Waals surface area (Å²) in [7, 11) is 0. The summed E-state index contributed by atoms with van der Waals surface area (Å²) in [6.07, 6.45) is 0. The van der Waals surface area contributed by atoms with Gasteiger partial charge in [0.2, 0.25) is 0 Å². The molecular weight excluding hydrogens is 335 g/mol. The summed E-state index contributed by atoms with van der Waals surface area (Å²) in [5.74, 6) is -1.16. The molecule has 2 amide bonds. The predicted molar refractivity (Wildman–Crippen MR) is 83.6 cm³/mol. The Morgan fingerprint density at radius 3 is 2.57 bits per heavy atom. The average molecular weight is 345 g/mol. The summed E-state index contributed by atoms with van der Waals surface area (Å²) < 4.78 is 0.649. The van der Waals surface area contributed by atoms with Gasteiger partial charge in [0.1, 0.15) is 0 Å². The molecule has 0 aliphatic carbocycles. The standard InChI is InChI=1S/C13H10Cl2N2O3S/c14-10-3-1-7(5-9(10)12(18)19)17-13(20)16-6-8-2-4-11(15)21-8/h1-5H,6H2,(H,18,19)(H2,16,17,20). The number of carboxylic acid groups (broad SMARTS) is 1. The third-order valence-corrected chi connectivity index (χ3v) is 4.07. The van der Waals surface area contributed by atoms with E-state index in [1.54, 1.807) is 6.07 Å². The van der Waals surface area contributed by atoms with Gasteiger partial charge < -0.3 is 15.7 Å². The van der Waals surface area contributed by atoms with E-state index in [2.05, 4.69) is 10.6 Å². The number of anilines is 1. The van der Waals surface area contributed by atoms with Crippen LogP contribution in [0.5, 0.6) is 0 Å². The van der Waals surface area contributed by atoms with Crippen molar-refractivity contribution in [1.82, 2.24) is 5.32 Å². The van der Waals surface area contributed by atoms with Gasteiger partial charge in [0.05, 0.1) is 21.5 Å². The minimum Gasteiger partial charge on any atom is -0.478 e. The molecule has 1 aromatic heterocycles. The van der Waals surface area contributed by atoms with Crippen molar-refractivity contribution in [2.24, 2.45) is 0 Å². The molecule has 0 bridgehead atoms. The lowest BCUT2D eigenvalue weighted by atomic mass is 10.2. The number of thiophene rings is 1. The first kappa shape index (κ1) is 15.6. The molecule has 1 aromatic carbocycles. The molecule has 2 rings (SSSR count). The van der Waals surface area contributed by atoms with Crippen LogP contribution in [0.15, 0.2) is 30.3 Å².